The molecule has 140 valence electrons. The summed E-state index contributed by atoms with van der Waals surface area (Å²) in [6.45, 7) is 4.52. The van der Waals surface area contributed by atoms with E-state index < -0.39 is 0 Å². The SMILES string of the molecule is CCOc1ccccc1-c1cc(C(=O)N(C)[C@H](C)Cc2ccccn2)[nH]n1. The molecule has 0 aliphatic heterocycles. The third kappa shape index (κ3) is 4.34. The van der Waals surface area contributed by atoms with Crippen molar-refractivity contribution in [2.24, 2.45) is 0 Å². The third-order valence-electron chi connectivity index (χ3n) is 4.48. The summed E-state index contributed by atoms with van der Waals surface area (Å²) in [7, 11) is 1.80. The van der Waals surface area contributed by atoms with Gasteiger partial charge in [-0.15, -0.1) is 0 Å². The van der Waals surface area contributed by atoms with Gasteiger partial charge in [-0.1, -0.05) is 18.2 Å². The van der Waals surface area contributed by atoms with Crippen LogP contribution >= 0.6 is 0 Å². The number of para-hydroxylation sites is 1. The van der Waals surface area contributed by atoms with Gasteiger partial charge >= 0.3 is 0 Å². The number of likely N-dealkylation sites (N-methyl/N-ethyl adjacent to an activating group) is 1. The van der Waals surface area contributed by atoms with Crippen LogP contribution in [0.1, 0.15) is 30.0 Å². The largest absolute Gasteiger partial charge is 0.493 e. The maximum absolute atomic E-state index is 12.8. The lowest BCUT2D eigenvalue weighted by molar-refractivity contribution is 0.0737. The van der Waals surface area contributed by atoms with Crippen LogP contribution in [0.25, 0.3) is 11.3 Å². The molecule has 1 atom stereocenters. The highest BCUT2D eigenvalue weighted by Crippen LogP contribution is 2.29. The average molecular weight is 364 g/mol. The number of rotatable bonds is 7. The minimum absolute atomic E-state index is 0.00913. The quantitative estimate of drug-likeness (QED) is 0.696. The summed E-state index contributed by atoms with van der Waals surface area (Å²) < 4.78 is 5.66. The number of hydrogen-bond donors (Lipinski definition) is 1. The summed E-state index contributed by atoms with van der Waals surface area (Å²) in [5.41, 5.74) is 2.96. The lowest BCUT2D eigenvalue weighted by Crippen LogP contribution is -2.36. The Morgan fingerprint density at radius 3 is 2.74 bits per heavy atom. The van der Waals surface area contributed by atoms with Crippen molar-refractivity contribution >= 4 is 5.91 Å². The van der Waals surface area contributed by atoms with E-state index in [0.29, 0.717) is 24.4 Å². The Morgan fingerprint density at radius 2 is 2.00 bits per heavy atom. The Morgan fingerprint density at radius 1 is 1.22 bits per heavy atom. The van der Waals surface area contributed by atoms with Gasteiger partial charge in [-0.3, -0.25) is 14.9 Å². The van der Waals surface area contributed by atoms with Crippen LogP contribution < -0.4 is 4.74 Å². The molecule has 0 aliphatic rings. The van der Waals surface area contributed by atoms with Crippen LogP contribution in [0.3, 0.4) is 0 Å². The first-order valence-corrected chi connectivity index (χ1v) is 9.04. The number of pyridine rings is 1. The lowest BCUT2D eigenvalue weighted by atomic mass is 10.1. The molecule has 1 amide bonds. The van der Waals surface area contributed by atoms with Gasteiger partial charge < -0.3 is 9.64 Å². The predicted octanol–water partition coefficient (Wildman–Crippen LogP) is 3.57. The summed E-state index contributed by atoms with van der Waals surface area (Å²) in [6, 6.07) is 15.3. The summed E-state index contributed by atoms with van der Waals surface area (Å²) in [5.74, 6) is 0.647. The van der Waals surface area contributed by atoms with Gasteiger partial charge in [0.15, 0.2) is 0 Å². The number of ether oxygens (including phenoxy) is 1. The molecular formula is C21H24N4O2. The number of carbonyl (C=O) groups is 1. The molecule has 3 rings (SSSR count). The molecular weight excluding hydrogens is 340 g/mol. The van der Waals surface area contributed by atoms with Crippen molar-refractivity contribution < 1.29 is 9.53 Å². The van der Waals surface area contributed by atoms with Crippen molar-refractivity contribution in [2.45, 2.75) is 26.3 Å². The first-order chi connectivity index (χ1) is 13.1. The maximum atomic E-state index is 12.8. The Hall–Kier alpha value is -3.15. The van der Waals surface area contributed by atoms with Gasteiger partial charge in [-0.2, -0.15) is 5.10 Å². The van der Waals surface area contributed by atoms with Crippen LogP contribution in [-0.2, 0) is 6.42 Å². The zero-order valence-electron chi connectivity index (χ0n) is 15.8. The molecule has 3 aromatic rings. The lowest BCUT2D eigenvalue weighted by Gasteiger charge is -2.24. The van der Waals surface area contributed by atoms with E-state index in [0.717, 1.165) is 17.0 Å². The van der Waals surface area contributed by atoms with Gasteiger partial charge in [0, 0.05) is 37.0 Å². The highest BCUT2D eigenvalue weighted by molar-refractivity contribution is 5.93. The minimum Gasteiger partial charge on any atom is -0.493 e. The number of aromatic amines is 1. The molecule has 2 aromatic heterocycles. The molecule has 6 heteroatoms. The fourth-order valence-corrected chi connectivity index (χ4v) is 2.88. The fraction of sp³-hybridized carbons (Fsp3) is 0.286. The van der Waals surface area contributed by atoms with Crippen molar-refractivity contribution in [1.82, 2.24) is 20.1 Å². The van der Waals surface area contributed by atoms with Gasteiger partial charge in [-0.25, -0.2) is 0 Å². The van der Waals surface area contributed by atoms with Crippen molar-refractivity contribution in [1.29, 1.82) is 0 Å². The number of hydrogen-bond acceptors (Lipinski definition) is 4. The second kappa shape index (κ2) is 8.49. The predicted molar refractivity (Wildman–Crippen MR) is 105 cm³/mol. The standard InChI is InChI=1S/C21H24N4O2/c1-4-27-20-11-6-5-10-17(20)18-14-19(24-23-18)21(26)25(3)15(2)13-16-9-7-8-12-22-16/h5-12,14-15H,4,13H2,1-3H3,(H,23,24)/t15-/m1/s1. The van der Waals surface area contributed by atoms with E-state index in [1.54, 1.807) is 24.2 Å². The van der Waals surface area contributed by atoms with Gasteiger partial charge in [0.1, 0.15) is 11.4 Å². The minimum atomic E-state index is -0.105. The Labute approximate surface area is 159 Å². The van der Waals surface area contributed by atoms with Crippen LogP contribution in [0.5, 0.6) is 5.75 Å². The molecule has 0 radical (unpaired) electrons. The number of amides is 1. The van der Waals surface area contributed by atoms with Gasteiger partial charge in [0.2, 0.25) is 0 Å². The first-order valence-electron chi connectivity index (χ1n) is 9.04. The molecule has 6 nitrogen and oxygen atoms in total. The molecule has 0 spiro atoms. The number of benzene rings is 1. The van der Waals surface area contributed by atoms with E-state index in [1.807, 2.05) is 56.3 Å². The zero-order chi connectivity index (χ0) is 19.2. The molecule has 1 aromatic carbocycles. The number of carbonyl (C=O) groups excluding carboxylic acids is 1. The molecule has 0 unspecified atom stereocenters. The average Bonchev–Trinajstić information content (AvgIpc) is 3.18. The summed E-state index contributed by atoms with van der Waals surface area (Å²) in [6.07, 6.45) is 2.46. The van der Waals surface area contributed by atoms with E-state index in [1.165, 1.54) is 0 Å². The highest BCUT2D eigenvalue weighted by Gasteiger charge is 2.21. The molecule has 1 N–H and O–H groups in total. The van der Waals surface area contributed by atoms with Crippen molar-refractivity contribution in [3.05, 3.63) is 66.1 Å². The topological polar surface area (TPSA) is 71.1 Å². The highest BCUT2D eigenvalue weighted by atomic mass is 16.5. The molecule has 27 heavy (non-hydrogen) atoms. The van der Waals surface area contributed by atoms with E-state index in [9.17, 15) is 4.79 Å². The number of nitrogens with one attached hydrogen (secondary N) is 1. The molecule has 0 aliphatic carbocycles. The second-order valence-electron chi connectivity index (χ2n) is 6.39. The van der Waals surface area contributed by atoms with Gasteiger partial charge in [0.25, 0.3) is 5.91 Å². The zero-order valence-corrected chi connectivity index (χ0v) is 15.8. The van der Waals surface area contributed by atoms with Gasteiger partial charge in [0.05, 0.1) is 12.3 Å². The normalized spacial score (nSPS) is 11.8. The van der Waals surface area contributed by atoms with Crippen molar-refractivity contribution in [3.8, 4) is 17.0 Å². The van der Waals surface area contributed by atoms with E-state index in [-0.39, 0.29) is 11.9 Å². The maximum Gasteiger partial charge on any atom is 0.271 e. The first kappa shape index (κ1) is 18.6. The van der Waals surface area contributed by atoms with Crippen molar-refractivity contribution in [3.63, 3.8) is 0 Å². The summed E-state index contributed by atoms with van der Waals surface area (Å²) in [5, 5.41) is 7.17. The summed E-state index contributed by atoms with van der Waals surface area (Å²) in [4.78, 5) is 18.9. The number of H-pyrrole nitrogens is 1. The number of nitrogens with zero attached hydrogens (tertiary/aromatic N) is 3. The van der Waals surface area contributed by atoms with E-state index in [4.69, 9.17) is 4.74 Å². The molecule has 0 saturated heterocycles. The Kier molecular flexibility index (Phi) is 5.86. The van der Waals surface area contributed by atoms with Crippen LogP contribution in [0.15, 0.2) is 54.7 Å². The molecule has 2 heterocycles. The van der Waals surface area contributed by atoms with Crippen LogP contribution in [-0.4, -0.2) is 45.7 Å². The molecule has 0 bridgehead atoms. The van der Waals surface area contributed by atoms with Gasteiger partial charge in [-0.05, 0) is 44.2 Å². The third-order valence-corrected chi connectivity index (χ3v) is 4.48. The van der Waals surface area contributed by atoms with Crippen LogP contribution in [0, 0.1) is 0 Å². The fourth-order valence-electron chi connectivity index (χ4n) is 2.88. The van der Waals surface area contributed by atoms with Crippen molar-refractivity contribution in [2.75, 3.05) is 13.7 Å². The summed E-state index contributed by atoms with van der Waals surface area (Å²) >= 11 is 0. The van der Waals surface area contributed by atoms with Crippen LogP contribution in [0.4, 0.5) is 0 Å². The smallest absolute Gasteiger partial charge is 0.271 e. The second-order valence-corrected chi connectivity index (χ2v) is 6.39. The molecule has 0 saturated carbocycles. The number of aromatic nitrogens is 3. The van der Waals surface area contributed by atoms with E-state index >= 15 is 0 Å². The van der Waals surface area contributed by atoms with E-state index in [2.05, 4.69) is 15.2 Å². The Bertz CT molecular complexity index is 892. The van der Waals surface area contributed by atoms with Crippen LogP contribution in [0.2, 0.25) is 0 Å². The Balaban J connectivity index is 1.75. The molecule has 0 fully saturated rings. The monoisotopic (exact) mass is 364 g/mol.